The standard InChI is InChI=1S/C23H30N4O7/c28-19(29)13-17(22(32)27-11-5-9-18(27)23(33)34)26-21(31)16(12-14-6-2-1-3-7-14)25-20(30)15-8-4-10-24-15/h1-3,6-7,15-18,24H,4-5,8-13H2,(H,25,30)(H,26,31)(H,28,29)(H,33,34). The summed E-state index contributed by atoms with van der Waals surface area (Å²) in [5.74, 6) is -4.31. The van der Waals surface area contributed by atoms with Crippen molar-refractivity contribution in [2.24, 2.45) is 0 Å². The third-order valence-electron chi connectivity index (χ3n) is 6.11. The van der Waals surface area contributed by atoms with Gasteiger partial charge in [0.15, 0.2) is 0 Å². The SMILES string of the molecule is O=C(O)CC(NC(=O)C(Cc1ccccc1)NC(=O)C1CCCN1)C(=O)N1CCCC1C(=O)O. The molecule has 0 spiro atoms. The second-order valence-corrected chi connectivity index (χ2v) is 8.59. The summed E-state index contributed by atoms with van der Waals surface area (Å²) in [5.41, 5.74) is 0.772. The Bertz CT molecular complexity index is 917. The van der Waals surface area contributed by atoms with E-state index in [1.807, 2.05) is 6.07 Å². The van der Waals surface area contributed by atoms with E-state index >= 15 is 0 Å². The minimum atomic E-state index is -1.45. The average molecular weight is 475 g/mol. The first kappa shape index (κ1) is 25.2. The summed E-state index contributed by atoms with van der Waals surface area (Å²) in [4.78, 5) is 62.9. The molecule has 2 fully saturated rings. The molecular formula is C23H30N4O7. The molecule has 34 heavy (non-hydrogen) atoms. The summed E-state index contributed by atoms with van der Waals surface area (Å²) in [6.45, 7) is 0.864. The molecule has 2 aliphatic heterocycles. The number of amides is 3. The van der Waals surface area contributed by atoms with Crippen molar-refractivity contribution in [1.29, 1.82) is 0 Å². The van der Waals surface area contributed by atoms with Gasteiger partial charge in [-0.3, -0.25) is 19.2 Å². The van der Waals surface area contributed by atoms with Gasteiger partial charge < -0.3 is 31.1 Å². The lowest BCUT2D eigenvalue weighted by Crippen LogP contribution is -2.58. The van der Waals surface area contributed by atoms with Gasteiger partial charge in [0.2, 0.25) is 17.7 Å². The molecule has 0 saturated carbocycles. The zero-order valence-electron chi connectivity index (χ0n) is 18.7. The van der Waals surface area contributed by atoms with Crippen LogP contribution in [0.25, 0.3) is 0 Å². The first-order valence-electron chi connectivity index (χ1n) is 11.4. The third-order valence-corrected chi connectivity index (χ3v) is 6.11. The lowest BCUT2D eigenvalue weighted by molar-refractivity contribution is -0.150. The number of aliphatic carboxylic acids is 2. The largest absolute Gasteiger partial charge is 0.481 e. The van der Waals surface area contributed by atoms with E-state index in [-0.39, 0.29) is 25.3 Å². The fourth-order valence-electron chi connectivity index (χ4n) is 4.37. The number of carboxylic acid groups (broad SMARTS) is 2. The molecular weight excluding hydrogens is 444 g/mol. The molecule has 0 aromatic heterocycles. The van der Waals surface area contributed by atoms with E-state index in [0.717, 1.165) is 16.9 Å². The Kier molecular flexibility index (Phi) is 8.58. The Morgan fingerprint density at radius 1 is 1.00 bits per heavy atom. The predicted octanol–water partition coefficient (Wildman–Crippen LogP) is -0.499. The highest BCUT2D eigenvalue weighted by Crippen LogP contribution is 2.19. The fraction of sp³-hybridized carbons (Fsp3) is 0.522. The first-order valence-corrected chi connectivity index (χ1v) is 11.4. The van der Waals surface area contributed by atoms with Gasteiger partial charge in [-0.25, -0.2) is 4.79 Å². The van der Waals surface area contributed by atoms with Gasteiger partial charge in [-0.05, 0) is 37.8 Å². The lowest BCUT2D eigenvalue weighted by atomic mass is 10.0. The molecule has 0 bridgehead atoms. The van der Waals surface area contributed by atoms with Gasteiger partial charge in [0.1, 0.15) is 18.1 Å². The second-order valence-electron chi connectivity index (χ2n) is 8.59. The summed E-state index contributed by atoms with van der Waals surface area (Å²) in [5, 5.41) is 26.9. The molecule has 11 nitrogen and oxygen atoms in total. The topological polar surface area (TPSA) is 165 Å². The summed E-state index contributed by atoms with van der Waals surface area (Å²) in [6, 6.07) is 5.00. The van der Waals surface area contributed by atoms with E-state index in [9.17, 15) is 34.2 Å². The quantitative estimate of drug-likeness (QED) is 0.303. The van der Waals surface area contributed by atoms with E-state index in [1.165, 1.54) is 0 Å². The van der Waals surface area contributed by atoms with Gasteiger partial charge >= 0.3 is 11.9 Å². The summed E-state index contributed by atoms with van der Waals surface area (Å²) in [7, 11) is 0. The number of hydrogen-bond acceptors (Lipinski definition) is 6. The Labute approximate surface area is 196 Å². The minimum absolute atomic E-state index is 0.139. The van der Waals surface area contributed by atoms with Crippen LogP contribution in [0.4, 0.5) is 0 Å². The molecule has 1 aromatic rings. The lowest BCUT2D eigenvalue weighted by Gasteiger charge is -2.28. The van der Waals surface area contributed by atoms with Crippen LogP contribution in [0.15, 0.2) is 30.3 Å². The minimum Gasteiger partial charge on any atom is -0.481 e. The molecule has 3 rings (SSSR count). The molecule has 184 valence electrons. The molecule has 4 unspecified atom stereocenters. The highest BCUT2D eigenvalue weighted by atomic mass is 16.4. The van der Waals surface area contributed by atoms with Crippen molar-refractivity contribution in [2.45, 2.75) is 62.7 Å². The number of nitrogens with zero attached hydrogens (tertiary/aromatic N) is 1. The predicted molar refractivity (Wildman–Crippen MR) is 120 cm³/mol. The maximum Gasteiger partial charge on any atom is 0.326 e. The molecule has 1 aromatic carbocycles. The van der Waals surface area contributed by atoms with Crippen LogP contribution in [0.1, 0.15) is 37.7 Å². The van der Waals surface area contributed by atoms with Gasteiger partial charge in [0.25, 0.3) is 0 Å². The fourth-order valence-corrected chi connectivity index (χ4v) is 4.37. The Morgan fingerprint density at radius 3 is 2.35 bits per heavy atom. The van der Waals surface area contributed by atoms with Crippen LogP contribution >= 0.6 is 0 Å². The number of nitrogens with one attached hydrogen (secondary N) is 3. The maximum absolute atomic E-state index is 13.2. The van der Waals surface area contributed by atoms with Gasteiger partial charge in [-0.15, -0.1) is 0 Å². The number of carboxylic acids is 2. The number of hydrogen-bond donors (Lipinski definition) is 5. The van der Waals surface area contributed by atoms with E-state index < -0.39 is 54.3 Å². The molecule has 4 atom stereocenters. The van der Waals surface area contributed by atoms with E-state index in [1.54, 1.807) is 24.3 Å². The van der Waals surface area contributed by atoms with Gasteiger partial charge in [-0.1, -0.05) is 30.3 Å². The van der Waals surface area contributed by atoms with E-state index in [2.05, 4.69) is 16.0 Å². The molecule has 2 aliphatic rings. The van der Waals surface area contributed by atoms with Crippen molar-refractivity contribution in [3.63, 3.8) is 0 Å². The zero-order chi connectivity index (χ0) is 24.7. The van der Waals surface area contributed by atoms with Crippen LogP contribution in [0, 0.1) is 0 Å². The number of likely N-dealkylation sites (tertiary alicyclic amines) is 1. The molecule has 3 amide bonds. The molecule has 2 heterocycles. The molecule has 5 N–H and O–H groups in total. The molecule has 11 heteroatoms. The van der Waals surface area contributed by atoms with E-state index in [0.29, 0.717) is 19.4 Å². The van der Waals surface area contributed by atoms with Gasteiger partial charge in [0.05, 0.1) is 12.5 Å². The smallest absolute Gasteiger partial charge is 0.326 e. The van der Waals surface area contributed by atoms with Crippen LogP contribution in [0.5, 0.6) is 0 Å². The van der Waals surface area contributed by atoms with Crippen molar-refractivity contribution in [1.82, 2.24) is 20.9 Å². The highest BCUT2D eigenvalue weighted by Gasteiger charge is 2.39. The van der Waals surface area contributed by atoms with Crippen molar-refractivity contribution >= 4 is 29.7 Å². The Morgan fingerprint density at radius 2 is 1.74 bits per heavy atom. The normalized spacial score (nSPS) is 21.5. The maximum atomic E-state index is 13.2. The third kappa shape index (κ3) is 6.53. The number of benzene rings is 1. The van der Waals surface area contributed by atoms with Crippen molar-refractivity contribution in [3.8, 4) is 0 Å². The monoisotopic (exact) mass is 474 g/mol. The van der Waals surface area contributed by atoms with Gasteiger partial charge in [0, 0.05) is 13.0 Å². The highest BCUT2D eigenvalue weighted by molar-refractivity contribution is 5.96. The van der Waals surface area contributed by atoms with Gasteiger partial charge in [-0.2, -0.15) is 0 Å². The molecule has 0 aliphatic carbocycles. The number of rotatable bonds is 10. The van der Waals surface area contributed by atoms with Crippen LogP contribution in [-0.4, -0.2) is 82.0 Å². The Hall–Kier alpha value is -3.47. The second kappa shape index (κ2) is 11.6. The van der Waals surface area contributed by atoms with Crippen LogP contribution < -0.4 is 16.0 Å². The van der Waals surface area contributed by atoms with Crippen molar-refractivity contribution in [3.05, 3.63) is 35.9 Å². The molecule has 2 saturated heterocycles. The summed E-state index contributed by atoms with van der Waals surface area (Å²) < 4.78 is 0. The first-order chi connectivity index (χ1) is 16.3. The van der Waals surface area contributed by atoms with Crippen molar-refractivity contribution in [2.75, 3.05) is 13.1 Å². The molecule has 0 radical (unpaired) electrons. The van der Waals surface area contributed by atoms with Crippen LogP contribution in [-0.2, 0) is 30.4 Å². The number of carbonyl (C=O) groups is 5. The summed E-state index contributed by atoms with van der Waals surface area (Å²) in [6.07, 6.45) is 1.64. The number of carbonyl (C=O) groups excluding carboxylic acids is 3. The van der Waals surface area contributed by atoms with E-state index in [4.69, 9.17) is 0 Å². The van der Waals surface area contributed by atoms with Crippen molar-refractivity contribution < 1.29 is 34.2 Å². The average Bonchev–Trinajstić information content (AvgIpc) is 3.50. The van der Waals surface area contributed by atoms with Crippen LogP contribution in [0.2, 0.25) is 0 Å². The summed E-state index contributed by atoms with van der Waals surface area (Å²) >= 11 is 0. The zero-order valence-corrected chi connectivity index (χ0v) is 18.7. The Balaban J connectivity index is 1.77. The van der Waals surface area contributed by atoms with Crippen LogP contribution in [0.3, 0.4) is 0 Å².